The molecule has 0 saturated heterocycles. The number of anilines is 1. The summed E-state index contributed by atoms with van der Waals surface area (Å²) >= 11 is 0. The molecule has 2 unspecified atom stereocenters. The number of amides is 1. The minimum Gasteiger partial charge on any atom is -0.448 e. The number of nitrogens with two attached hydrogens (primary N) is 1. The molecule has 180 valence electrons. The van der Waals surface area contributed by atoms with Gasteiger partial charge in [-0.15, -0.1) is 0 Å². The van der Waals surface area contributed by atoms with Crippen LogP contribution in [0, 0.1) is 0 Å². The number of hydrogen-bond donors (Lipinski definition) is 2. The molecule has 7 nitrogen and oxygen atoms in total. The molecule has 3 N–H and O–H groups in total. The molecule has 1 amide bonds. The number of nitrogens with one attached hydrogen (secondary N) is 1. The summed E-state index contributed by atoms with van der Waals surface area (Å²) in [6.07, 6.45) is -1.17. The fourth-order valence-electron chi connectivity index (χ4n) is 3.77. The van der Waals surface area contributed by atoms with Crippen molar-refractivity contribution in [2.24, 2.45) is 0 Å². The Bertz CT molecular complexity index is 1110. The van der Waals surface area contributed by atoms with Crippen LogP contribution >= 0.6 is 0 Å². The zero-order chi connectivity index (χ0) is 24.2. The zero-order valence-electron chi connectivity index (χ0n) is 17.9. The van der Waals surface area contributed by atoms with E-state index in [2.05, 4.69) is 9.50 Å². The summed E-state index contributed by atoms with van der Waals surface area (Å²) in [6.45, 7) is 1.75. The third-order valence-corrected chi connectivity index (χ3v) is 6.39. The van der Waals surface area contributed by atoms with E-state index in [1.165, 1.54) is 0 Å². The molecule has 0 spiro atoms. The molecule has 0 saturated carbocycles. The number of benzene rings is 2. The van der Waals surface area contributed by atoms with Crippen molar-refractivity contribution in [3.05, 3.63) is 53.6 Å². The van der Waals surface area contributed by atoms with Crippen LogP contribution in [-0.2, 0) is 19.0 Å². The summed E-state index contributed by atoms with van der Waals surface area (Å²) in [5.41, 5.74) is 4.56. The second-order valence-electron chi connectivity index (χ2n) is 7.71. The molecule has 2 aromatic rings. The van der Waals surface area contributed by atoms with E-state index in [1.54, 1.807) is 12.1 Å². The van der Waals surface area contributed by atoms with Gasteiger partial charge in [0, 0.05) is 11.6 Å². The molecule has 3 rings (SSSR count). The second-order valence-corrected chi connectivity index (χ2v) is 9.27. The van der Waals surface area contributed by atoms with Gasteiger partial charge in [-0.3, -0.25) is 5.32 Å². The first-order valence-electron chi connectivity index (χ1n) is 10.4. The Morgan fingerprint density at radius 3 is 2.52 bits per heavy atom. The van der Waals surface area contributed by atoms with Gasteiger partial charge in [-0.1, -0.05) is 50.1 Å². The van der Waals surface area contributed by atoms with Crippen LogP contribution in [0.5, 0.6) is 0 Å². The average Bonchev–Trinajstić information content (AvgIpc) is 3.04. The van der Waals surface area contributed by atoms with Gasteiger partial charge in [0.15, 0.2) is 6.23 Å². The molecule has 11 heteroatoms. The summed E-state index contributed by atoms with van der Waals surface area (Å²) in [4.78, 5) is 12.4. The number of carbonyl (C=O) groups is 1. The maximum absolute atomic E-state index is 12.7. The molecule has 33 heavy (non-hydrogen) atoms. The van der Waals surface area contributed by atoms with E-state index in [-0.39, 0.29) is 18.9 Å². The van der Waals surface area contributed by atoms with Crippen LogP contribution in [0.4, 0.5) is 23.7 Å². The van der Waals surface area contributed by atoms with Gasteiger partial charge in [0.05, 0.1) is 0 Å². The van der Waals surface area contributed by atoms with Crippen LogP contribution in [-0.4, -0.2) is 32.9 Å². The van der Waals surface area contributed by atoms with E-state index >= 15 is 0 Å². The van der Waals surface area contributed by atoms with E-state index in [9.17, 15) is 26.4 Å². The van der Waals surface area contributed by atoms with Crippen LogP contribution in [0.1, 0.15) is 49.7 Å². The first-order chi connectivity index (χ1) is 15.5. The Balaban J connectivity index is 1.70. The zero-order valence-corrected chi connectivity index (χ0v) is 18.7. The Kier molecular flexibility index (Phi) is 7.53. The summed E-state index contributed by atoms with van der Waals surface area (Å²) in [6, 6.07) is 13.0. The number of alkyl carbamates (subject to hydrolysis) is 1. The van der Waals surface area contributed by atoms with Gasteiger partial charge in [0.1, 0.15) is 6.61 Å². The lowest BCUT2D eigenvalue weighted by atomic mass is 9.98. The number of rotatable bonds is 9. The minimum atomic E-state index is -5.88. The average molecular weight is 487 g/mol. The lowest BCUT2D eigenvalue weighted by molar-refractivity contribution is -0.0588. The van der Waals surface area contributed by atoms with Crippen molar-refractivity contribution in [3.8, 4) is 11.1 Å². The normalized spacial score (nSPS) is 16.1. The van der Waals surface area contributed by atoms with E-state index in [0.29, 0.717) is 18.5 Å². The van der Waals surface area contributed by atoms with Crippen molar-refractivity contribution in [2.45, 2.75) is 50.3 Å². The highest BCUT2D eigenvalue weighted by Crippen LogP contribution is 2.45. The Hall–Kier alpha value is -2.79. The lowest BCUT2D eigenvalue weighted by Crippen LogP contribution is -2.41. The highest BCUT2D eigenvalue weighted by molar-refractivity contribution is 7.87. The quantitative estimate of drug-likeness (QED) is 0.172. The molecule has 0 aliphatic heterocycles. The predicted octanol–water partition coefficient (Wildman–Crippen LogP) is 4.88. The van der Waals surface area contributed by atoms with Crippen LogP contribution in [0.25, 0.3) is 11.1 Å². The molecular weight excluding hydrogens is 461 g/mol. The largest absolute Gasteiger partial charge is 0.523 e. The third-order valence-electron chi connectivity index (χ3n) is 5.33. The van der Waals surface area contributed by atoms with E-state index < -0.39 is 27.9 Å². The molecule has 2 aromatic carbocycles. The van der Waals surface area contributed by atoms with Crippen LogP contribution < -0.4 is 11.1 Å². The van der Waals surface area contributed by atoms with E-state index in [1.807, 2.05) is 37.3 Å². The van der Waals surface area contributed by atoms with Gasteiger partial charge in [0.2, 0.25) is 0 Å². The number of carbonyl (C=O) groups excluding carboxylic acids is 1. The summed E-state index contributed by atoms with van der Waals surface area (Å²) in [5, 5.41) is 2.10. The number of nitrogen functional groups attached to an aromatic ring is 1. The third kappa shape index (κ3) is 5.77. The fraction of sp³-hybridized carbons (Fsp3) is 0.409. The predicted molar refractivity (Wildman–Crippen MR) is 117 cm³/mol. The van der Waals surface area contributed by atoms with Crippen molar-refractivity contribution < 1.29 is 35.3 Å². The fourth-order valence-corrected chi connectivity index (χ4v) is 4.33. The molecule has 0 bridgehead atoms. The number of unbranched alkanes of at least 4 members (excludes halogenated alkanes) is 2. The van der Waals surface area contributed by atoms with Crippen molar-refractivity contribution in [1.29, 1.82) is 0 Å². The van der Waals surface area contributed by atoms with Crippen LogP contribution in [0.2, 0.25) is 0 Å². The smallest absolute Gasteiger partial charge is 0.448 e. The number of halogens is 3. The summed E-state index contributed by atoms with van der Waals surface area (Å²) in [5.74, 6) is -0.330. The molecule has 0 aromatic heterocycles. The maximum atomic E-state index is 12.7. The molecule has 0 radical (unpaired) electrons. The van der Waals surface area contributed by atoms with Gasteiger partial charge in [-0.2, -0.15) is 21.6 Å². The van der Waals surface area contributed by atoms with E-state index in [4.69, 9.17) is 10.5 Å². The van der Waals surface area contributed by atoms with E-state index in [0.717, 1.165) is 28.7 Å². The van der Waals surface area contributed by atoms with Gasteiger partial charge in [-0.05, 0) is 47.2 Å². The minimum absolute atomic E-state index is 0.118. The van der Waals surface area contributed by atoms with Crippen LogP contribution in [0.15, 0.2) is 42.5 Å². The van der Waals surface area contributed by atoms with Gasteiger partial charge in [-0.25, -0.2) is 8.98 Å². The second kappa shape index (κ2) is 10.0. The Morgan fingerprint density at radius 2 is 1.82 bits per heavy atom. The van der Waals surface area contributed by atoms with Crippen molar-refractivity contribution in [1.82, 2.24) is 5.32 Å². The van der Waals surface area contributed by atoms with Crippen molar-refractivity contribution >= 4 is 21.9 Å². The maximum Gasteiger partial charge on any atom is 0.523 e. The molecule has 2 atom stereocenters. The van der Waals surface area contributed by atoms with Crippen LogP contribution in [0.3, 0.4) is 0 Å². The molecule has 0 fully saturated rings. The van der Waals surface area contributed by atoms with Crippen molar-refractivity contribution in [3.63, 3.8) is 0 Å². The van der Waals surface area contributed by atoms with Crippen molar-refractivity contribution in [2.75, 3.05) is 12.3 Å². The SMILES string of the molecule is CCCCCC(NC(=O)OCC1c2ccccc2-c2ccc(N)cc21)OS(=O)(=O)C(F)(F)F. The summed E-state index contributed by atoms with van der Waals surface area (Å²) in [7, 11) is -5.88. The lowest BCUT2D eigenvalue weighted by Gasteiger charge is -2.20. The molecular formula is C22H25F3N2O5S. The Morgan fingerprint density at radius 1 is 1.12 bits per heavy atom. The molecule has 0 heterocycles. The molecule has 1 aliphatic rings. The number of fused-ring (bicyclic) bond motifs is 3. The number of alkyl halides is 3. The first kappa shape index (κ1) is 24.8. The topological polar surface area (TPSA) is 108 Å². The highest BCUT2D eigenvalue weighted by Gasteiger charge is 2.48. The van der Waals surface area contributed by atoms with Gasteiger partial charge >= 0.3 is 21.7 Å². The molecule has 1 aliphatic carbocycles. The number of hydrogen-bond acceptors (Lipinski definition) is 6. The Labute approximate surface area is 190 Å². The standard InChI is InChI=1S/C22H25F3N2O5S/c1-2-3-4-9-20(32-33(29,30)22(23,24)25)27-21(28)31-13-19-16-8-6-5-7-15(16)17-11-10-14(26)12-18(17)19/h5-8,10-12,19-20H,2-4,9,13,26H2,1H3,(H,27,28). The number of ether oxygens (including phenoxy) is 1. The van der Waals surface area contributed by atoms with Gasteiger partial charge < -0.3 is 10.5 Å². The highest BCUT2D eigenvalue weighted by atomic mass is 32.2. The summed E-state index contributed by atoms with van der Waals surface area (Å²) < 4.78 is 70.5. The van der Waals surface area contributed by atoms with Gasteiger partial charge in [0.25, 0.3) is 0 Å². The monoisotopic (exact) mass is 486 g/mol. The first-order valence-corrected chi connectivity index (χ1v) is 11.9.